The molecule has 0 aromatic carbocycles. The number of nitrogens with zero attached hydrogens (tertiary/aromatic N) is 1. The van der Waals surface area contributed by atoms with Crippen molar-refractivity contribution in [2.24, 2.45) is 0 Å². The third kappa shape index (κ3) is 3.75. The van der Waals surface area contributed by atoms with Crippen LogP contribution < -0.4 is 5.32 Å². The van der Waals surface area contributed by atoms with Crippen molar-refractivity contribution in [3.05, 3.63) is 24.0 Å². The van der Waals surface area contributed by atoms with E-state index in [-0.39, 0.29) is 24.7 Å². The van der Waals surface area contributed by atoms with Crippen molar-refractivity contribution in [2.45, 2.75) is 38.1 Å². The SMILES string of the molecule is COCC(O)c1ccc(NC(=O)C2CCC(C)O2)cn1. The fourth-order valence-electron chi connectivity index (χ4n) is 2.14. The second kappa shape index (κ2) is 6.78. The molecule has 3 atom stereocenters. The Labute approximate surface area is 118 Å². The highest BCUT2D eigenvalue weighted by molar-refractivity contribution is 5.94. The molecule has 0 radical (unpaired) electrons. The summed E-state index contributed by atoms with van der Waals surface area (Å²) in [5.74, 6) is -0.152. The molecule has 0 aliphatic carbocycles. The number of aromatic nitrogens is 1. The minimum absolute atomic E-state index is 0.135. The Morgan fingerprint density at radius 1 is 1.60 bits per heavy atom. The molecule has 6 heteroatoms. The van der Waals surface area contributed by atoms with E-state index < -0.39 is 6.10 Å². The first kappa shape index (κ1) is 14.9. The number of methoxy groups -OCH3 is 1. The van der Waals surface area contributed by atoms with Crippen LogP contribution in [0.15, 0.2) is 18.3 Å². The van der Waals surface area contributed by atoms with E-state index in [4.69, 9.17) is 9.47 Å². The third-order valence-corrected chi connectivity index (χ3v) is 3.24. The number of hydrogen-bond acceptors (Lipinski definition) is 5. The number of pyridine rings is 1. The largest absolute Gasteiger partial charge is 0.384 e. The van der Waals surface area contributed by atoms with E-state index in [0.717, 1.165) is 12.8 Å². The number of carbonyl (C=O) groups excluding carboxylic acids is 1. The van der Waals surface area contributed by atoms with E-state index in [1.165, 1.54) is 13.3 Å². The summed E-state index contributed by atoms with van der Waals surface area (Å²) in [5.41, 5.74) is 1.10. The molecule has 1 amide bonds. The molecule has 6 nitrogen and oxygen atoms in total. The van der Waals surface area contributed by atoms with Crippen molar-refractivity contribution in [3.8, 4) is 0 Å². The predicted molar refractivity (Wildman–Crippen MR) is 73.3 cm³/mol. The van der Waals surface area contributed by atoms with Gasteiger partial charge in [-0.2, -0.15) is 0 Å². The van der Waals surface area contributed by atoms with Crippen LogP contribution in [0.1, 0.15) is 31.6 Å². The highest BCUT2D eigenvalue weighted by Gasteiger charge is 2.28. The molecular weight excluding hydrogens is 260 g/mol. The number of carbonyl (C=O) groups is 1. The molecule has 1 aromatic rings. The van der Waals surface area contributed by atoms with Crippen LogP contribution in [0.25, 0.3) is 0 Å². The fourth-order valence-corrected chi connectivity index (χ4v) is 2.14. The van der Waals surface area contributed by atoms with Gasteiger partial charge in [0.05, 0.1) is 30.3 Å². The van der Waals surface area contributed by atoms with E-state index in [1.807, 2.05) is 6.92 Å². The van der Waals surface area contributed by atoms with Crippen LogP contribution in [0.5, 0.6) is 0 Å². The summed E-state index contributed by atoms with van der Waals surface area (Å²) in [7, 11) is 1.51. The van der Waals surface area contributed by atoms with Gasteiger partial charge in [-0.15, -0.1) is 0 Å². The fraction of sp³-hybridized carbons (Fsp3) is 0.571. The van der Waals surface area contributed by atoms with Crippen LogP contribution >= 0.6 is 0 Å². The second-order valence-corrected chi connectivity index (χ2v) is 4.94. The lowest BCUT2D eigenvalue weighted by molar-refractivity contribution is -0.126. The molecule has 1 aliphatic heterocycles. The molecule has 1 fully saturated rings. The van der Waals surface area contributed by atoms with Crippen molar-refractivity contribution < 1.29 is 19.4 Å². The first-order chi connectivity index (χ1) is 9.60. The standard InChI is InChI=1S/C14H20N2O4/c1-9-3-6-13(20-9)14(18)16-10-4-5-11(15-7-10)12(17)8-19-2/h4-5,7,9,12-13,17H,3,6,8H2,1-2H3,(H,16,18). The highest BCUT2D eigenvalue weighted by Crippen LogP contribution is 2.21. The first-order valence-corrected chi connectivity index (χ1v) is 6.69. The summed E-state index contributed by atoms with van der Waals surface area (Å²) in [6.07, 6.45) is 2.15. The highest BCUT2D eigenvalue weighted by atomic mass is 16.5. The summed E-state index contributed by atoms with van der Waals surface area (Å²) >= 11 is 0. The number of ether oxygens (including phenoxy) is 2. The maximum absolute atomic E-state index is 11.9. The topological polar surface area (TPSA) is 80.7 Å². The zero-order valence-electron chi connectivity index (χ0n) is 11.7. The Morgan fingerprint density at radius 3 is 2.95 bits per heavy atom. The number of rotatable bonds is 5. The minimum Gasteiger partial charge on any atom is -0.384 e. The summed E-state index contributed by atoms with van der Waals surface area (Å²) < 4.78 is 10.4. The molecule has 1 saturated heterocycles. The van der Waals surface area contributed by atoms with E-state index >= 15 is 0 Å². The molecule has 2 heterocycles. The Kier molecular flexibility index (Phi) is 5.05. The summed E-state index contributed by atoms with van der Waals surface area (Å²) in [6.45, 7) is 2.15. The molecular formula is C14H20N2O4. The van der Waals surface area contributed by atoms with E-state index in [2.05, 4.69) is 10.3 Å². The lowest BCUT2D eigenvalue weighted by Gasteiger charge is -2.13. The van der Waals surface area contributed by atoms with E-state index in [1.54, 1.807) is 12.1 Å². The molecule has 0 saturated carbocycles. The Hall–Kier alpha value is -1.50. The van der Waals surface area contributed by atoms with Crippen molar-refractivity contribution in [2.75, 3.05) is 19.0 Å². The van der Waals surface area contributed by atoms with E-state index in [0.29, 0.717) is 11.4 Å². The minimum atomic E-state index is -0.760. The van der Waals surface area contributed by atoms with Crippen LogP contribution in [-0.2, 0) is 14.3 Å². The molecule has 3 unspecified atom stereocenters. The average Bonchev–Trinajstić information content (AvgIpc) is 2.86. The predicted octanol–water partition coefficient (Wildman–Crippen LogP) is 1.27. The maximum atomic E-state index is 11.9. The van der Waals surface area contributed by atoms with Crippen LogP contribution in [0.4, 0.5) is 5.69 Å². The molecule has 2 N–H and O–H groups in total. The number of aliphatic hydroxyl groups is 1. The van der Waals surface area contributed by atoms with Crippen LogP contribution in [0.3, 0.4) is 0 Å². The lowest BCUT2D eigenvalue weighted by Crippen LogP contribution is -2.27. The molecule has 110 valence electrons. The lowest BCUT2D eigenvalue weighted by atomic mass is 10.2. The molecule has 0 bridgehead atoms. The van der Waals surface area contributed by atoms with Gasteiger partial charge in [0.1, 0.15) is 12.2 Å². The number of nitrogens with one attached hydrogen (secondary N) is 1. The van der Waals surface area contributed by atoms with Gasteiger partial charge in [0.2, 0.25) is 0 Å². The number of amides is 1. The normalized spacial score (nSPS) is 23.6. The smallest absolute Gasteiger partial charge is 0.253 e. The molecule has 1 aromatic heterocycles. The number of anilines is 1. The zero-order valence-corrected chi connectivity index (χ0v) is 11.7. The Morgan fingerprint density at radius 2 is 2.40 bits per heavy atom. The molecule has 2 rings (SSSR count). The first-order valence-electron chi connectivity index (χ1n) is 6.69. The summed E-state index contributed by atoms with van der Waals surface area (Å²) in [4.78, 5) is 16.1. The maximum Gasteiger partial charge on any atom is 0.253 e. The van der Waals surface area contributed by atoms with Gasteiger partial charge in [-0.05, 0) is 31.9 Å². The van der Waals surface area contributed by atoms with Gasteiger partial charge in [-0.1, -0.05) is 0 Å². The van der Waals surface area contributed by atoms with Crippen molar-refractivity contribution >= 4 is 11.6 Å². The monoisotopic (exact) mass is 280 g/mol. The van der Waals surface area contributed by atoms with E-state index in [9.17, 15) is 9.90 Å². The molecule has 20 heavy (non-hydrogen) atoms. The van der Waals surface area contributed by atoms with Gasteiger partial charge in [0.25, 0.3) is 5.91 Å². The van der Waals surface area contributed by atoms with Gasteiger partial charge >= 0.3 is 0 Å². The second-order valence-electron chi connectivity index (χ2n) is 4.94. The van der Waals surface area contributed by atoms with Gasteiger partial charge < -0.3 is 19.9 Å². The molecule has 0 spiro atoms. The quantitative estimate of drug-likeness (QED) is 0.849. The van der Waals surface area contributed by atoms with Crippen LogP contribution in [0.2, 0.25) is 0 Å². The van der Waals surface area contributed by atoms with Crippen molar-refractivity contribution in [1.82, 2.24) is 4.98 Å². The average molecular weight is 280 g/mol. The summed E-state index contributed by atoms with van der Waals surface area (Å²) in [5, 5.41) is 12.5. The van der Waals surface area contributed by atoms with Crippen LogP contribution in [-0.4, -0.2) is 41.9 Å². The number of hydrogen-bond donors (Lipinski definition) is 2. The third-order valence-electron chi connectivity index (χ3n) is 3.24. The number of aliphatic hydroxyl groups excluding tert-OH is 1. The van der Waals surface area contributed by atoms with Crippen molar-refractivity contribution in [1.29, 1.82) is 0 Å². The Bertz CT molecular complexity index is 449. The van der Waals surface area contributed by atoms with Gasteiger partial charge in [0.15, 0.2) is 0 Å². The van der Waals surface area contributed by atoms with Crippen LogP contribution in [0, 0.1) is 0 Å². The van der Waals surface area contributed by atoms with Gasteiger partial charge in [-0.25, -0.2) is 0 Å². The van der Waals surface area contributed by atoms with Crippen molar-refractivity contribution in [3.63, 3.8) is 0 Å². The van der Waals surface area contributed by atoms with Gasteiger partial charge in [0, 0.05) is 7.11 Å². The van der Waals surface area contributed by atoms with Gasteiger partial charge in [-0.3, -0.25) is 9.78 Å². The Balaban J connectivity index is 1.92. The summed E-state index contributed by atoms with van der Waals surface area (Å²) in [6, 6.07) is 3.37. The molecule has 1 aliphatic rings. The zero-order chi connectivity index (χ0) is 14.5.